The molecule has 0 bridgehead atoms. The van der Waals surface area contributed by atoms with Gasteiger partial charge in [-0.2, -0.15) is 0 Å². The first-order valence-electron chi connectivity index (χ1n) is 7.33. The molecule has 0 spiro atoms. The SMILES string of the molecule is CCCNC(C)C(C)S(=O)(=O)c1ccc2c(c1)OCCO2. The Kier molecular flexibility index (Phi) is 5.11. The van der Waals surface area contributed by atoms with Gasteiger partial charge in [-0.1, -0.05) is 6.92 Å². The monoisotopic (exact) mass is 313 g/mol. The topological polar surface area (TPSA) is 64.6 Å². The van der Waals surface area contributed by atoms with Gasteiger partial charge in [0.1, 0.15) is 13.2 Å². The molecule has 0 aromatic heterocycles. The van der Waals surface area contributed by atoms with Gasteiger partial charge in [0.25, 0.3) is 0 Å². The van der Waals surface area contributed by atoms with Crippen molar-refractivity contribution in [3.8, 4) is 11.5 Å². The van der Waals surface area contributed by atoms with Gasteiger partial charge in [-0.3, -0.25) is 0 Å². The van der Waals surface area contributed by atoms with Crippen LogP contribution in [0.4, 0.5) is 0 Å². The van der Waals surface area contributed by atoms with Gasteiger partial charge >= 0.3 is 0 Å². The second-order valence-corrected chi connectivity index (χ2v) is 7.60. The Morgan fingerprint density at radius 3 is 2.52 bits per heavy atom. The standard InChI is InChI=1S/C15H23NO4S/c1-4-7-16-11(2)12(3)21(17,18)13-5-6-14-15(10-13)20-9-8-19-14/h5-6,10-12,16H,4,7-9H2,1-3H3. The Morgan fingerprint density at radius 1 is 1.19 bits per heavy atom. The summed E-state index contributed by atoms with van der Waals surface area (Å²) >= 11 is 0. The highest BCUT2D eigenvalue weighted by molar-refractivity contribution is 7.92. The Hall–Kier alpha value is -1.27. The fourth-order valence-electron chi connectivity index (χ4n) is 2.22. The fraction of sp³-hybridized carbons (Fsp3) is 0.600. The summed E-state index contributed by atoms with van der Waals surface area (Å²) in [4.78, 5) is 0.282. The molecular formula is C15H23NO4S. The summed E-state index contributed by atoms with van der Waals surface area (Å²) in [7, 11) is -3.40. The second kappa shape index (κ2) is 6.66. The summed E-state index contributed by atoms with van der Waals surface area (Å²) in [5, 5.41) is 2.73. The van der Waals surface area contributed by atoms with Crippen molar-refractivity contribution < 1.29 is 17.9 Å². The Bertz CT molecular complexity index is 585. The minimum Gasteiger partial charge on any atom is -0.486 e. The molecule has 1 aromatic carbocycles. The summed E-state index contributed by atoms with van der Waals surface area (Å²) in [6, 6.07) is 4.71. The largest absolute Gasteiger partial charge is 0.486 e. The van der Waals surface area contributed by atoms with Crippen molar-refractivity contribution >= 4 is 9.84 Å². The number of nitrogens with one attached hydrogen (secondary N) is 1. The molecule has 118 valence electrons. The van der Waals surface area contributed by atoms with Gasteiger partial charge in [0.05, 0.1) is 10.1 Å². The Morgan fingerprint density at radius 2 is 1.86 bits per heavy atom. The number of fused-ring (bicyclic) bond motifs is 1. The molecular weight excluding hydrogens is 290 g/mol. The minimum absolute atomic E-state index is 0.108. The van der Waals surface area contributed by atoms with Crippen LogP contribution in [0.2, 0.25) is 0 Å². The first-order valence-corrected chi connectivity index (χ1v) is 8.88. The van der Waals surface area contributed by atoms with Crippen LogP contribution in [0, 0.1) is 0 Å². The maximum Gasteiger partial charge on any atom is 0.182 e. The molecule has 0 radical (unpaired) electrons. The quantitative estimate of drug-likeness (QED) is 0.870. The van der Waals surface area contributed by atoms with Crippen LogP contribution in [0.25, 0.3) is 0 Å². The summed E-state index contributed by atoms with van der Waals surface area (Å²) in [5.74, 6) is 1.11. The van der Waals surface area contributed by atoms with Crippen LogP contribution >= 0.6 is 0 Å². The number of rotatable bonds is 6. The van der Waals surface area contributed by atoms with E-state index < -0.39 is 15.1 Å². The minimum atomic E-state index is -3.40. The number of hydrogen-bond donors (Lipinski definition) is 1. The van der Waals surface area contributed by atoms with Gasteiger partial charge in [0, 0.05) is 12.1 Å². The van der Waals surface area contributed by atoms with E-state index in [-0.39, 0.29) is 10.9 Å². The zero-order chi connectivity index (χ0) is 15.5. The van der Waals surface area contributed by atoms with Crippen molar-refractivity contribution in [3.63, 3.8) is 0 Å². The first kappa shape index (κ1) is 16.1. The van der Waals surface area contributed by atoms with Crippen molar-refractivity contribution in [2.45, 2.75) is 43.4 Å². The fourth-order valence-corrected chi connectivity index (χ4v) is 3.81. The lowest BCUT2D eigenvalue weighted by Crippen LogP contribution is -2.40. The Labute approximate surface area is 126 Å². The van der Waals surface area contributed by atoms with E-state index >= 15 is 0 Å². The molecule has 2 atom stereocenters. The van der Waals surface area contributed by atoms with Crippen molar-refractivity contribution in [3.05, 3.63) is 18.2 Å². The molecule has 1 heterocycles. The first-order chi connectivity index (χ1) is 9.96. The third kappa shape index (κ3) is 3.49. The summed E-state index contributed by atoms with van der Waals surface area (Å²) in [6.07, 6.45) is 0.973. The van der Waals surface area contributed by atoms with Gasteiger partial charge < -0.3 is 14.8 Å². The molecule has 1 aliphatic rings. The molecule has 2 unspecified atom stereocenters. The predicted molar refractivity (Wildman–Crippen MR) is 81.8 cm³/mol. The summed E-state index contributed by atoms with van der Waals surface area (Å²) in [5.41, 5.74) is 0. The normalized spacial score (nSPS) is 17.3. The van der Waals surface area contributed by atoms with Crippen molar-refractivity contribution in [2.75, 3.05) is 19.8 Å². The number of sulfone groups is 1. The Balaban J connectivity index is 2.22. The van der Waals surface area contributed by atoms with Crippen molar-refractivity contribution in [1.29, 1.82) is 0 Å². The maximum absolute atomic E-state index is 12.7. The van der Waals surface area contributed by atoms with E-state index in [9.17, 15) is 8.42 Å². The van der Waals surface area contributed by atoms with Crippen LogP contribution in [0.15, 0.2) is 23.1 Å². The van der Waals surface area contributed by atoms with Crippen LogP contribution in [0.5, 0.6) is 11.5 Å². The van der Waals surface area contributed by atoms with E-state index in [4.69, 9.17) is 9.47 Å². The smallest absolute Gasteiger partial charge is 0.182 e. The highest BCUT2D eigenvalue weighted by atomic mass is 32.2. The average molecular weight is 313 g/mol. The molecule has 2 rings (SSSR count). The van der Waals surface area contributed by atoms with E-state index in [1.54, 1.807) is 25.1 Å². The van der Waals surface area contributed by atoms with Gasteiger partial charge in [0.2, 0.25) is 0 Å². The van der Waals surface area contributed by atoms with Crippen LogP contribution in [-0.4, -0.2) is 39.5 Å². The lowest BCUT2D eigenvalue weighted by atomic mass is 10.2. The van der Waals surface area contributed by atoms with Gasteiger partial charge in [-0.15, -0.1) is 0 Å². The highest BCUT2D eigenvalue weighted by Gasteiger charge is 2.29. The molecule has 0 fully saturated rings. The molecule has 0 aliphatic carbocycles. The van der Waals surface area contributed by atoms with E-state index in [1.165, 1.54) is 0 Å². The molecule has 5 nitrogen and oxygen atoms in total. The number of ether oxygens (including phenoxy) is 2. The average Bonchev–Trinajstić information content (AvgIpc) is 2.51. The van der Waals surface area contributed by atoms with E-state index in [1.807, 2.05) is 6.92 Å². The molecule has 21 heavy (non-hydrogen) atoms. The van der Waals surface area contributed by atoms with E-state index in [0.717, 1.165) is 13.0 Å². The lowest BCUT2D eigenvalue weighted by Gasteiger charge is -2.23. The molecule has 0 saturated carbocycles. The van der Waals surface area contributed by atoms with Crippen LogP contribution in [0.1, 0.15) is 27.2 Å². The number of hydrogen-bond acceptors (Lipinski definition) is 5. The van der Waals surface area contributed by atoms with Gasteiger partial charge in [-0.05, 0) is 38.9 Å². The van der Waals surface area contributed by atoms with Crippen LogP contribution in [-0.2, 0) is 9.84 Å². The third-order valence-corrected chi connectivity index (χ3v) is 6.05. The third-order valence-electron chi connectivity index (χ3n) is 3.75. The number of benzene rings is 1. The van der Waals surface area contributed by atoms with Gasteiger partial charge in [-0.25, -0.2) is 8.42 Å². The molecule has 6 heteroatoms. The molecule has 1 N–H and O–H groups in total. The van der Waals surface area contributed by atoms with Crippen molar-refractivity contribution in [2.24, 2.45) is 0 Å². The molecule has 1 aliphatic heterocycles. The van der Waals surface area contributed by atoms with E-state index in [2.05, 4.69) is 12.2 Å². The molecule has 1 aromatic rings. The maximum atomic E-state index is 12.7. The molecule has 0 saturated heterocycles. The lowest BCUT2D eigenvalue weighted by molar-refractivity contribution is 0.171. The van der Waals surface area contributed by atoms with Gasteiger partial charge in [0.15, 0.2) is 21.3 Å². The zero-order valence-corrected chi connectivity index (χ0v) is 13.6. The van der Waals surface area contributed by atoms with Crippen molar-refractivity contribution in [1.82, 2.24) is 5.32 Å². The van der Waals surface area contributed by atoms with Crippen LogP contribution in [0.3, 0.4) is 0 Å². The summed E-state index contributed by atoms with van der Waals surface area (Å²) < 4.78 is 36.3. The van der Waals surface area contributed by atoms with E-state index in [0.29, 0.717) is 24.7 Å². The summed E-state index contributed by atoms with van der Waals surface area (Å²) in [6.45, 7) is 7.44. The predicted octanol–water partition coefficient (Wildman–Crippen LogP) is 2.01. The van der Waals surface area contributed by atoms with Crippen LogP contribution < -0.4 is 14.8 Å². The second-order valence-electron chi connectivity index (χ2n) is 5.30. The highest BCUT2D eigenvalue weighted by Crippen LogP contribution is 2.33. The zero-order valence-electron chi connectivity index (χ0n) is 12.8. The molecule has 0 amide bonds.